The lowest BCUT2D eigenvalue weighted by Gasteiger charge is -2.12. The lowest BCUT2D eigenvalue weighted by molar-refractivity contribution is -0.138. The maximum Gasteiger partial charge on any atom is 0.416 e. The standard InChI is InChI=1S/C16H13F3O3/c17-16(18,19)14-6-11(9-20)5-13(8-14)12-3-1-10(2-4-12)7-15(21)22/h1-6,8,20H,7,9H2,(H,21,22). The second-order valence-electron chi connectivity index (χ2n) is 4.84. The summed E-state index contributed by atoms with van der Waals surface area (Å²) in [6, 6.07) is 9.63. The summed E-state index contributed by atoms with van der Waals surface area (Å²) in [4.78, 5) is 10.6. The van der Waals surface area contributed by atoms with Crippen molar-refractivity contribution in [1.29, 1.82) is 0 Å². The molecule has 0 atom stereocenters. The first kappa shape index (κ1) is 16.0. The van der Waals surface area contributed by atoms with Crippen molar-refractivity contribution in [3.05, 3.63) is 59.2 Å². The quantitative estimate of drug-likeness (QED) is 0.909. The molecule has 116 valence electrons. The number of aliphatic carboxylic acids is 1. The molecule has 0 aliphatic carbocycles. The minimum absolute atomic E-state index is 0.148. The highest BCUT2D eigenvalue weighted by atomic mass is 19.4. The fraction of sp³-hybridized carbons (Fsp3) is 0.188. The van der Waals surface area contributed by atoms with Gasteiger partial charge in [0.15, 0.2) is 0 Å². The van der Waals surface area contributed by atoms with Crippen LogP contribution in [-0.2, 0) is 24.0 Å². The second kappa shape index (κ2) is 6.19. The van der Waals surface area contributed by atoms with Crippen LogP contribution in [0.1, 0.15) is 16.7 Å². The van der Waals surface area contributed by atoms with Crippen LogP contribution < -0.4 is 0 Å². The molecule has 0 aromatic heterocycles. The van der Waals surface area contributed by atoms with E-state index >= 15 is 0 Å². The molecule has 0 spiro atoms. The molecule has 0 fully saturated rings. The molecular weight excluding hydrogens is 297 g/mol. The van der Waals surface area contributed by atoms with Gasteiger partial charge in [-0.1, -0.05) is 24.3 Å². The summed E-state index contributed by atoms with van der Waals surface area (Å²) in [6.07, 6.45) is -4.64. The van der Waals surface area contributed by atoms with Gasteiger partial charge in [-0.25, -0.2) is 0 Å². The predicted octanol–water partition coefficient (Wildman–Crippen LogP) is 3.49. The third-order valence-corrected chi connectivity index (χ3v) is 3.15. The van der Waals surface area contributed by atoms with Gasteiger partial charge in [0, 0.05) is 0 Å². The Hall–Kier alpha value is -2.34. The number of hydrogen-bond donors (Lipinski definition) is 2. The van der Waals surface area contributed by atoms with Crippen molar-refractivity contribution in [2.45, 2.75) is 19.2 Å². The molecule has 0 aliphatic rings. The first-order valence-electron chi connectivity index (χ1n) is 6.42. The van der Waals surface area contributed by atoms with Gasteiger partial charge in [0.1, 0.15) is 0 Å². The molecule has 2 aromatic carbocycles. The molecular formula is C16H13F3O3. The first-order chi connectivity index (χ1) is 10.3. The number of aliphatic hydroxyl groups excluding tert-OH is 1. The molecule has 2 aromatic rings. The molecule has 0 aliphatic heterocycles. The van der Waals surface area contributed by atoms with Crippen LogP contribution in [0.4, 0.5) is 13.2 Å². The van der Waals surface area contributed by atoms with Crippen LogP contribution in [0.5, 0.6) is 0 Å². The molecule has 2 rings (SSSR count). The Labute approximate surface area is 124 Å². The van der Waals surface area contributed by atoms with E-state index in [1.54, 1.807) is 24.3 Å². The van der Waals surface area contributed by atoms with Crippen LogP contribution in [-0.4, -0.2) is 16.2 Å². The summed E-state index contributed by atoms with van der Waals surface area (Å²) in [6.45, 7) is -0.492. The molecule has 0 radical (unpaired) electrons. The number of rotatable bonds is 4. The van der Waals surface area contributed by atoms with Crippen molar-refractivity contribution in [1.82, 2.24) is 0 Å². The Balaban J connectivity index is 2.41. The summed E-state index contributed by atoms with van der Waals surface area (Å²) in [5.41, 5.74) is 0.740. The highest BCUT2D eigenvalue weighted by Crippen LogP contribution is 2.33. The number of carboxylic acids is 1. The van der Waals surface area contributed by atoms with Crippen molar-refractivity contribution < 1.29 is 28.2 Å². The van der Waals surface area contributed by atoms with Gasteiger partial charge < -0.3 is 10.2 Å². The summed E-state index contributed by atoms with van der Waals surface area (Å²) in [5.74, 6) is -0.977. The molecule has 0 heterocycles. The third-order valence-electron chi connectivity index (χ3n) is 3.15. The molecule has 0 bridgehead atoms. The summed E-state index contributed by atoms with van der Waals surface area (Å²) in [7, 11) is 0. The average Bonchev–Trinajstić information content (AvgIpc) is 2.46. The highest BCUT2D eigenvalue weighted by Gasteiger charge is 2.31. The molecule has 6 heteroatoms. The molecule has 2 N–H and O–H groups in total. The minimum Gasteiger partial charge on any atom is -0.481 e. The lowest BCUT2D eigenvalue weighted by atomic mass is 9.98. The van der Waals surface area contributed by atoms with Gasteiger partial charge in [-0.05, 0) is 40.5 Å². The van der Waals surface area contributed by atoms with Gasteiger partial charge in [0.2, 0.25) is 0 Å². The predicted molar refractivity (Wildman–Crippen MR) is 74.1 cm³/mol. The Kier molecular flexibility index (Phi) is 4.51. The molecule has 0 saturated heterocycles. The van der Waals surface area contributed by atoms with E-state index < -0.39 is 24.3 Å². The van der Waals surface area contributed by atoms with Gasteiger partial charge in [0.25, 0.3) is 0 Å². The van der Waals surface area contributed by atoms with Crippen LogP contribution in [0, 0.1) is 0 Å². The zero-order valence-electron chi connectivity index (χ0n) is 11.4. The lowest BCUT2D eigenvalue weighted by Crippen LogP contribution is -2.06. The van der Waals surface area contributed by atoms with Crippen LogP contribution >= 0.6 is 0 Å². The van der Waals surface area contributed by atoms with Crippen molar-refractivity contribution in [2.75, 3.05) is 0 Å². The van der Waals surface area contributed by atoms with Gasteiger partial charge in [-0.2, -0.15) is 13.2 Å². The molecule has 0 amide bonds. The van der Waals surface area contributed by atoms with Gasteiger partial charge in [0.05, 0.1) is 18.6 Å². The Morgan fingerprint density at radius 1 is 0.955 bits per heavy atom. The number of alkyl halides is 3. The van der Waals surface area contributed by atoms with Crippen molar-refractivity contribution in [2.24, 2.45) is 0 Å². The Morgan fingerprint density at radius 3 is 2.09 bits per heavy atom. The number of benzene rings is 2. The van der Waals surface area contributed by atoms with Crippen LogP contribution in [0.3, 0.4) is 0 Å². The fourth-order valence-electron chi connectivity index (χ4n) is 2.10. The average molecular weight is 310 g/mol. The fourth-order valence-corrected chi connectivity index (χ4v) is 2.10. The number of carbonyl (C=O) groups is 1. The van der Waals surface area contributed by atoms with Crippen LogP contribution in [0.25, 0.3) is 11.1 Å². The smallest absolute Gasteiger partial charge is 0.416 e. The Morgan fingerprint density at radius 2 is 1.59 bits per heavy atom. The van der Waals surface area contributed by atoms with Crippen molar-refractivity contribution in [3.8, 4) is 11.1 Å². The molecule has 0 saturated carbocycles. The van der Waals surface area contributed by atoms with Gasteiger partial charge in [-0.3, -0.25) is 4.79 Å². The van der Waals surface area contributed by atoms with Crippen LogP contribution in [0.15, 0.2) is 42.5 Å². The van der Waals surface area contributed by atoms with E-state index in [1.807, 2.05) is 0 Å². The maximum absolute atomic E-state index is 12.9. The van der Waals surface area contributed by atoms with E-state index in [1.165, 1.54) is 6.07 Å². The monoisotopic (exact) mass is 310 g/mol. The number of aliphatic hydroxyl groups is 1. The summed E-state index contributed by atoms with van der Waals surface area (Å²) < 4.78 is 38.6. The summed E-state index contributed by atoms with van der Waals surface area (Å²) in [5, 5.41) is 17.8. The van der Waals surface area contributed by atoms with Gasteiger partial charge >= 0.3 is 12.1 Å². The zero-order chi connectivity index (χ0) is 16.3. The van der Waals surface area contributed by atoms with E-state index in [0.717, 1.165) is 12.1 Å². The van der Waals surface area contributed by atoms with Crippen molar-refractivity contribution >= 4 is 5.97 Å². The molecule has 0 unspecified atom stereocenters. The second-order valence-corrected chi connectivity index (χ2v) is 4.84. The molecule has 22 heavy (non-hydrogen) atoms. The summed E-state index contributed by atoms with van der Waals surface area (Å²) >= 11 is 0. The number of carboxylic acid groups (broad SMARTS) is 1. The van der Waals surface area contributed by atoms with E-state index in [4.69, 9.17) is 10.2 Å². The number of hydrogen-bond acceptors (Lipinski definition) is 2. The highest BCUT2D eigenvalue weighted by molar-refractivity contribution is 5.71. The minimum atomic E-state index is -4.50. The van der Waals surface area contributed by atoms with Gasteiger partial charge in [-0.15, -0.1) is 0 Å². The van der Waals surface area contributed by atoms with Crippen LogP contribution in [0.2, 0.25) is 0 Å². The van der Waals surface area contributed by atoms with E-state index in [0.29, 0.717) is 16.7 Å². The normalized spacial score (nSPS) is 11.5. The zero-order valence-corrected chi connectivity index (χ0v) is 11.4. The third kappa shape index (κ3) is 3.85. The number of halogens is 3. The van der Waals surface area contributed by atoms with E-state index in [-0.39, 0.29) is 12.0 Å². The van der Waals surface area contributed by atoms with E-state index in [9.17, 15) is 18.0 Å². The first-order valence-corrected chi connectivity index (χ1v) is 6.42. The molecule has 3 nitrogen and oxygen atoms in total. The topological polar surface area (TPSA) is 57.5 Å². The largest absolute Gasteiger partial charge is 0.481 e. The maximum atomic E-state index is 12.9. The van der Waals surface area contributed by atoms with E-state index in [2.05, 4.69) is 0 Å². The Bertz CT molecular complexity index is 676. The van der Waals surface area contributed by atoms with Crippen molar-refractivity contribution in [3.63, 3.8) is 0 Å². The SMILES string of the molecule is O=C(O)Cc1ccc(-c2cc(CO)cc(C(F)(F)F)c2)cc1.